The number of likely N-dealkylation sites (N-methyl/N-ethyl adjacent to an activating group) is 1. The van der Waals surface area contributed by atoms with Crippen LogP contribution in [0.4, 0.5) is 14.6 Å². The van der Waals surface area contributed by atoms with Gasteiger partial charge in [-0.15, -0.1) is 0 Å². The van der Waals surface area contributed by atoms with Crippen molar-refractivity contribution in [2.45, 2.75) is 44.6 Å². The molecular weight excluding hydrogens is 566 g/mol. The summed E-state index contributed by atoms with van der Waals surface area (Å²) < 4.78 is 60.0. The quantitative estimate of drug-likeness (QED) is 0.378. The van der Waals surface area contributed by atoms with Gasteiger partial charge < -0.3 is 20.3 Å². The van der Waals surface area contributed by atoms with Gasteiger partial charge in [0.15, 0.2) is 12.3 Å². The van der Waals surface area contributed by atoms with Crippen LogP contribution in [0.2, 0.25) is 0 Å². The van der Waals surface area contributed by atoms with Crippen LogP contribution < -0.4 is 15.4 Å². The Bertz CT molecular complexity index is 1580. The number of amides is 1. The number of benzene rings is 1. The molecule has 1 amide bonds. The first-order chi connectivity index (χ1) is 19.9. The molecule has 42 heavy (non-hydrogen) atoms. The molecule has 0 aliphatic carbocycles. The highest BCUT2D eigenvalue weighted by Crippen LogP contribution is 2.41. The number of likely N-dealkylation sites (tertiary alicyclic amines) is 1. The molecule has 10 nitrogen and oxygen atoms in total. The molecule has 2 aliphatic heterocycles. The first-order valence-electron chi connectivity index (χ1n) is 14.0. The van der Waals surface area contributed by atoms with E-state index < -0.39 is 27.7 Å². The van der Waals surface area contributed by atoms with E-state index in [0.717, 1.165) is 11.3 Å². The minimum atomic E-state index is -3.04. The van der Waals surface area contributed by atoms with Gasteiger partial charge in [-0.05, 0) is 62.9 Å². The maximum Gasteiger partial charge on any atom is 0.320 e. The Morgan fingerprint density at radius 1 is 1.17 bits per heavy atom. The third-order valence-electron chi connectivity index (χ3n) is 8.20. The first kappa shape index (κ1) is 30.0. The minimum absolute atomic E-state index is 0.0179. The van der Waals surface area contributed by atoms with Crippen LogP contribution in [0.25, 0.3) is 11.0 Å². The van der Waals surface area contributed by atoms with Gasteiger partial charge in [0.05, 0.1) is 22.8 Å². The lowest BCUT2D eigenvalue weighted by atomic mass is 9.87. The summed E-state index contributed by atoms with van der Waals surface area (Å²) in [5.41, 5.74) is 2.60. The molecule has 2 N–H and O–H groups in total. The van der Waals surface area contributed by atoms with E-state index in [1.54, 1.807) is 12.1 Å². The van der Waals surface area contributed by atoms with Gasteiger partial charge in [-0.25, -0.2) is 22.2 Å². The van der Waals surface area contributed by atoms with Crippen molar-refractivity contribution in [1.29, 1.82) is 0 Å². The number of aromatic nitrogens is 3. The number of alkyl halides is 2. The first-order valence-corrected chi connectivity index (χ1v) is 15.8. The fourth-order valence-electron chi connectivity index (χ4n) is 5.60. The number of ether oxygens (including phenoxy) is 1. The van der Waals surface area contributed by atoms with Crippen molar-refractivity contribution in [2.24, 2.45) is 5.92 Å². The number of carbonyl (C=O) groups is 1. The Kier molecular flexibility index (Phi) is 8.35. The highest BCUT2D eigenvalue weighted by molar-refractivity contribution is 7.91. The summed E-state index contributed by atoms with van der Waals surface area (Å²) in [4.78, 5) is 27.3. The molecule has 0 unspecified atom stereocenters. The predicted octanol–water partition coefficient (Wildman–Crippen LogP) is 3.58. The number of carbonyl (C=O) groups excluding carboxylic acids is 1. The minimum Gasteiger partial charge on any atom is -0.453 e. The van der Waals surface area contributed by atoms with E-state index in [2.05, 4.69) is 20.6 Å². The zero-order valence-electron chi connectivity index (χ0n) is 24.2. The number of anilines is 1. The lowest BCUT2D eigenvalue weighted by Gasteiger charge is -2.41. The van der Waals surface area contributed by atoms with E-state index in [4.69, 9.17) is 9.72 Å². The van der Waals surface area contributed by atoms with Gasteiger partial charge in [-0.1, -0.05) is 18.2 Å². The average Bonchev–Trinajstić information content (AvgIpc) is 2.94. The summed E-state index contributed by atoms with van der Waals surface area (Å²) in [5.74, 6) is -3.40. The van der Waals surface area contributed by atoms with Gasteiger partial charge in [0.25, 0.3) is 11.8 Å². The fourth-order valence-corrected chi connectivity index (χ4v) is 7.09. The summed E-state index contributed by atoms with van der Waals surface area (Å²) >= 11 is 0. The van der Waals surface area contributed by atoms with Crippen molar-refractivity contribution in [3.8, 4) is 6.01 Å². The smallest absolute Gasteiger partial charge is 0.320 e. The normalized spacial score (nSPS) is 18.8. The molecule has 2 aromatic heterocycles. The van der Waals surface area contributed by atoms with E-state index in [1.165, 1.54) is 19.2 Å². The van der Waals surface area contributed by atoms with Crippen molar-refractivity contribution in [1.82, 2.24) is 25.2 Å². The molecule has 5 rings (SSSR count). The number of pyridine rings is 1. The number of nitrogens with one attached hydrogen (secondary N) is 2. The zero-order valence-corrected chi connectivity index (χ0v) is 25.0. The number of halogens is 2. The summed E-state index contributed by atoms with van der Waals surface area (Å²) in [6, 6.07) is 7.84. The van der Waals surface area contributed by atoms with Crippen LogP contribution in [-0.2, 0) is 20.6 Å². The molecule has 13 heteroatoms. The second-order valence-corrected chi connectivity index (χ2v) is 13.6. The van der Waals surface area contributed by atoms with Crippen LogP contribution in [0.5, 0.6) is 6.01 Å². The molecule has 2 aliphatic rings. The van der Waals surface area contributed by atoms with Crippen LogP contribution in [0.15, 0.2) is 30.3 Å². The largest absolute Gasteiger partial charge is 0.453 e. The number of nitrogens with zero attached hydrogens (tertiary/aromatic N) is 4. The van der Waals surface area contributed by atoms with Crippen LogP contribution in [0.1, 0.15) is 54.1 Å². The summed E-state index contributed by atoms with van der Waals surface area (Å²) in [7, 11) is 0.279. The number of hydrogen-bond donors (Lipinski definition) is 2. The molecule has 226 valence electrons. The highest BCUT2D eigenvalue weighted by atomic mass is 32.2. The number of fused-ring (bicyclic) bond motifs is 1. The van der Waals surface area contributed by atoms with Crippen molar-refractivity contribution >= 4 is 32.6 Å². The molecule has 1 aromatic carbocycles. The Morgan fingerprint density at radius 3 is 2.55 bits per heavy atom. The van der Waals surface area contributed by atoms with Crippen LogP contribution in [-0.4, -0.2) is 79.5 Å². The SMILES string of the molecule is CNC(=O)COc1nc(N[C@H](C)c2cccc(C(F)(F)C3CN(C)C3)c2)c2cc(C3CCS(=O)(=O)CC3)c(C)nc2n1. The van der Waals surface area contributed by atoms with Gasteiger partial charge in [0.2, 0.25) is 0 Å². The van der Waals surface area contributed by atoms with E-state index in [1.807, 2.05) is 31.9 Å². The lowest BCUT2D eigenvalue weighted by molar-refractivity contribution is -0.122. The molecule has 4 heterocycles. The highest BCUT2D eigenvalue weighted by Gasteiger charge is 2.46. The second-order valence-electron chi connectivity index (χ2n) is 11.3. The number of aryl methyl sites for hydroxylation is 1. The number of rotatable bonds is 9. The topological polar surface area (TPSA) is 126 Å². The molecule has 0 radical (unpaired) electrons. The maximum atomic E-state index is 15.2. The molecule has 0 saturated carbocycles. The second kappa shape index (κ2) is 11.7. The Balaban J connectivity index is 1.48. The van der Waals surface area contributed by atoms with E-state index in [-0.39, 0.29) is 41.5 Å². The standard InChI is InChI=1S/C29H36F2N6O4S/c1-17(20-6-5-7-21(12-20)29(30,31)22-14-37(4)15-22)33-26-24-13-23(19-8-10-42(39,40)11-9-19)18(2)34-27(24)36-28(35-26)41-16-25(38)32-3/h5-7,12-13,17,19,22H,8-11,14-16H2,1-4H3,(H,32,38)(H,33,34,35,36)/t17-/m1/s1. The molecule has 3 aromatic rings. The van der Waals surface area contributed by atoms with Crippen LogP contribution in [0, 0.1) is 12.8 Å². The third kappa shape index (κ3) is 6.31. The van der Waals surface area contributed by atoms with E-state index >= 15 is 8.78 Å². The zero-order chi connectivity index (χ0) is 30.2. The van der Waals surface area contributed by atoms with Gasteiger partial charge in [-0.3, -0.25) is 4.79 Å². The van der Waals surface area contributed by atoms with Gasteiger partial charge >= 0.3 is 6.01 Å². The monoisotopic (exact) mass is 602 g/mol. The molecule has 0 bridgehead atoms. The van der Waals surface area contributed by atoms with Crippen molar-refractivity contribution in [3.63, 3.8) is 0 Å². The average molecular weight is 603 g/mol. The Hall–Kier alpha value is -3.45. The molecule has 2 saturated heterocycles. The van der Waals surface area contributed by atoms with Crippen LogP contribution in [0.3, 0.4) is 0 Å². The summed E-state index contributed by atoms with van der Waals surface area (Å²) in [5, 5.41) is 6.39. The maximum absolute atomic E-state index is 15.2. The van der Waals surface area contributed by atoms with E-state index in [9.17, 15) is 13.2 Å². The molecular formula is C29H36F2N6O4S. The van der Waals surface area contributed by atoms with Crippen molar-refractivity contribution in [2.75, 3.05) is 50.6 Å². The molecule has 1 atom stereocenters. The molecule has 2 fully saturated rings. The molecule has 0 spiro atoms. The Labute approximate surface area is 244 Å². The Morgan fingerprint density at radius 2 is 1.88 bits per heavy atom. The van der Waals surface area contributed by atoms with Gasteiger partial charge in [0.1, 0.15) is 15.7 Å². The number of hydrogen-bond acceptors (Lipinski definition) is 9. The van der Waals surface area contributed by atoms with Crippen molar-refractivity contribution < 1.29 is 26.7 Å². The summed E-state index contributed by atoms with van der Waals surface area (Å²) in [6.45, 7) is 4.10. The number of sulfone groups is 1. The van der Waals surface area contributed by atoms with Gasteiger partial charge in [0, 0.05) is 37.4 Å². The van der Waals surface area contributed by atoms with Gasteiger partial charge in [-0.2, -0.15) is 9.97 Å². The fraction of sp³-hybridized carbons (Fsp3) is 0.517. The third-order valence-corrected chi connectivity index (χ3v) is 9.92. The summed E-state index contributed by atoms with van der Waals surface area (Å²) in [6.07, 6.45) is 1.00. The predicted molar refractivity (Wildman–Crippen MR) is 156 cm³/mol. The lowest BCUT2D eigenvalue weighted by Crippen LogP contribution is -2.51. The van der Waals surface area contributed by atoms with Crippen LogP contribution >= 0.6 is 0 Å². The van der Waals surface area contributed by atoms with Crippen molar-refractivity contribution in [3.05, 3.63) is 52.7 Å². The van der Waals surface area contributed by atoms with E-state index in [0.29, 0.717) is 48.3 Å².